The van der Waals surface area contributed by atoms with Crippen LogP contribution in [-0.2, 0) is 4.79 Å². The zero-order valence-corrected chi connectivity index (χ0v) is 15.1. The average molecular weight is 347 g/mol. The lowest BCUT2D eigenvalue weighted by Crippen LogP contribution is -2.55. The molecule has 0 aliphatic heterocycles. The molecule has 6 heteroatoms. The van der Waals surface area contributed by atoms with Crippen LogP contribution >= 0.6 is 11.3 Å². The average Bonchev–Trinajstić information content (AvgIpc) is 2.93. The monoisotopic (exact) mass is 347 g/mol. The molecular weight excluding hydrogens is 322 g/mol. The van der Waals surface area contributed by atoms with E-state index in [1.165, 1.54) is 56.8 Å². The number of nitrogens with zero attached hydrogens (tertiary/aromatic N) is 1. The predicted octanol–water partition coefficient (Wildman–Crippen LogP) is 3.44. The summed E-state index contributed by atoms with van der Waals surface area (Å²) in [5.74, 6) is 2.34. The fraction of sp³-hybridized carbons (Fsp3) is 0.722. The Bertz CT molecular complexity index is 634. The van der Waals surface area contributed by atoms with Crippen LogP contribution < -0.4 is 10.6 Å². The van der Waals surface area contributed by atoms with Crippen molar-refractivity contribution in [3.63, 3.8) is 0 Å². The van der Waals surface area contributed by atoms with Crippen molar-refractivity contribution in [2.45, 2.75) is 58.4 Å². The van der Waals surface area contributed by atoms with Gasteiger partial charge in [0.1, 0.15) is 5.69 Å². The van der Waals surface area contributed by atoms with Crippen molar-refractivity contribution in [3.8, 4) is 0 Å². The number of aromatic nitrogens is 1. The molecule has 24 heavy (non-hydrogen) atoms. The van der Waals surface area contributed by atoms with Crippen LogP contribution in [0, 0.1) is 23.2 Å². The zero-order valence-electron chi connectivity index (χ0n) is 14.3. The Morgan fingerprint density at radius 3 is 2.33 bits per heavy atom. The number of amides is 2. The van der Waals surface area contributed by atoms with Gasteiger partial charge in [0, 0.05) is 18.3 Å². The molecule has 5 rings (SSSR count). The quantitative estimate of drug-likeness (QED) is 0.876. The van der Waals surface area contributed by atoms with Gasteiger partial charge in [0.2, 0.25) is 5.91 Å². The first-order chi connectivity index (χ1) is 11.4. The third-order valence-electron chi connectivity index (χ3n) is 6.37. The molecule has 130 valence electrons. The molecule has 0 spiro atoms. The molecule has 4 fully saturated rings. The third-order valence-corrected chi connectivity index (χ3v) is 7.13. The van der Waals surface area contributed by atoms with Gasteiger partial charge in [-0.15, -0.1) is 11.3 Å². The number of thiazole rings is 1. The first kappa shape index (κ1) is 16.1. The highest BCUT2D eigenvalue weighted by atomic mass is 32.1. The number of anilines is 1. The molecule has 4 bridgehead atoms. The highest BCUT2D eigenvalue weighted by Gasteiger charge is 2.53. The van der Waals surface area contributed by atoms with Crippen LogP contribution in [0.4, 0.5) is 5.13 Å². The Balaban J connectivity index is 1.44. The second kappa shape index (κ2) is 5.83. The Hall–Kier alpha value is -1.43. The minimum Gasteiger partial charge on any atom is -0.348 e. The van der Waals surface area contributed by atoms with E-state index in [9.17, 15) is 9.59 Å². The molecule has 4 saturated carbocycles. The first-order valence-electron chi connectivity index (χ1n) is 8.97. The van der Waals surface area contributed by atoms with Gasteiger partial charge in [-0.25, -0.2) is 4.98 Å². The Labute approximate surface area is 146 Å². The lowest BCUT2D eigenvalue weighted by molar-refractivity contribution is -0.114. The van der Waals surface area contributed by atoms with E-state index in [0.717, 1.165) is 17.8 Å². The first-order valence-corrected chi connectivity index (χ1v) is 9.85. The maximum absolute atomic E-state index is 12.6. The van der Waals surface area contributed by atoms with E-state index in [2.05, 4.69) is 22.5 Å². The largest absolute Gasteiger partial charge is 0.348 e. The topological polar surface area (TPSA) is 71.1 Å². The Morgan fingerprint density at radius 1 is 1.21 bits per heavy atom. The van der Waals surface area contributed by atoms with Crippen LogP contribution in [0.2, 0.25) is 0 Å². The summed E-state index contributed by atoms with van der Waals surface area (Å²) in [6, 6.07) is 0.185. The highest BCUT2D eigenvalue weighted by molar-refractivity contribution is 7.14. The minimum absolute atomic E-state index is 0.119. The van der Waals surface area contributed by atoms with Crippen molar-refractivity contribution >= 4 is 28.3 Å². The summed E-state index contributed by atoms with van der Waals surface area (Å²) >= 11 is 1.29. The van der Waals surface area contributed by atoms with Crippen molar-refractivity contribution in [2.24, 2.45) is 23.2 Å². The van der Waals surface area contributed by atoms with Gasteiger partial charge in [0.15, 0.2) is 5.13 Å². The van der Waals surface area contributed by atoms with Crippen LogP contribution in [0.1, 0.15) is 62.9 Å². The minimum atomic E-state index is -0.168. The van der Waals surface area contributed by atoms with Crippen LogP contribution in [-0.4, -0.2) is 22.8 Å². The molecule has 1 atom stereocenters. The van der Waals surface area contributed by atoms with E-state index < -0.39 is 0 Å². The summed E-state index contributed by atoms with van der Waals surface area (Å²) in [6.45, 7) is 3.61. The third kappa shape index (κ3) is 2.85. The summed E-state index contributed by atoms with van der Waals surface area (Å²) in [7, 11) is 0. The van der Waals surface area contributed by atoms with Crippen LogP contribution in [0.3, 0.4) is 0 Å². The number of carbonyl (C=O) groups is 2. The van der Waals surface area contributed by atoms with Gasteiger partial charge >= 0.3 is 0 Å². The van der Waals surface area contributed by atoms with E-state index in [4.69, 9.17) is 0 Å². The van der Waals surface area contributed by atoms with Crippen LogP contribution in [0.15, 0.2) is 5.38 Å². The number of rotatable bonds is 4. The summed E-state index contributed by atoms with van der Waals surface area (Å²) in [5, 5.41) is 8.04. The van der Waals surface area contributed by atoms with Gasteiger partial charge in [0.25, 0.3) is 5.91 Å². The Morgan fingerprint density at radius 2 is 1.79 bits per heavy atom. The second-order valence-corrected chi connectivity index (χ2v) is 9.05. The van der Waals surface area contributed by atoms with Gasteiger partial charge in [-0.1, -0.05) is 0 Å². The zero-order chi connectivity index (χ0) is 16.9. The van der Waals surface area contributed by atoms with Crippen molar-refractivity contribution in [1.82, 2.24) is 10.3 Å². The Kier molecular flexibility index (Phi) is 3.90. The van der Waals surface area contributed by atoms with E-state index in [1.54, 1.807) is 5.38 Å². The lowest BCUT2D eigenvalue weighted by Gasteiger charge is -2.59. The smallest absolute Gasteiger partial charge is 0.271 e. The summed E-state index contributed by atoms with van der Waals surface area (Å²) in [5.41, 5.74) is 0.696. The predicted molar refractivity (Wildman–Crippen MR) is 94.0 cm³/mol. The molecule has 2 amide bonds. The second-order valence-electron chi connectivity index (χ2n) is 8.19. The van der Waals surface area contributed by atoms with E-state index >= 15 is 0 Å². The SMILES string of the molecule is CC(=O)Nc1nc(C(=O)N[C@H](C)C23CC4CC(CC(C4)C2)C3)cs1. The van der Waals surface area contributed by atoms with Gasteiger partial charge in [0.05, 0.1) is 0 Å². The van der Waals surface area contributed by atoms with Crippen molar-refractivity contribution in [3.05, 3.63) is 11.1 Å². The molecule has 0 saturated heterocycles. The molecular formula is C18H25N3O2S. The number of carbonyl (C=O) groups excluding carboxylic acids is 2. The van der Waals surface area contributed by atoms with E-state index in [1.807, 2.05) is 0 Å². The van der Waals surface area contributed by atoms with Gasteiger partial charge < -0.3 is 10.6 Å². The number of nitrogens with one attached hydrogen (secondary N) is 2. The van der Waals surface area contributed by atoms with Gasteiger partial charge in [-0.3, -0.25) is 9.59 Å². The highest BCUT2D eigenvalue weighted by Crippen LogP contribution is 2.61. The molecule has 0 aromatic carbocycles. The fourth-order valence-corrected chi connectivity index (χ4v) is 6.45. The molecule has 4 aliphatic carbocycles. The fourth-order valence-electron chi connectivity index (χ4n) is 5.72. The normalized spacial score (nSPS) is 34.8. The molecule has 2 N–H and O–H groups in total. The molecule has 4 aliphatic rings. The summed E-state index contributed by atoms with van der Waals surface area (Å²) in [4.78, 5) is 27.9. The van der Waals surface area contributed by atoms with Gasteiger partial charge in [-0.2, -0.15) is 0 Å². The maximum Gasteiger partial charge on any atom is 0.271 e. The molecule has 1 aromatic rings. The van der Waals surface area contributed by atoms with Crippen molar-refractivity contribution in [2.75, 3.05) is 5.32 Å². The molecule has 1 aromatic heterocycles. The van der Waals surface area contributed by atoms with E-state index in [0.29, 0.717) is 16.2 Å². The number of hydrogen-bond donors (Lipinski definition) is 2. The van der Waals surface area contributed by atoms with Crippen molar-refractivity contribution < 1.29 is 9.59 Å². The van der Waals surface area contributed by atoms with Crippen LogP contribution in [0.25, 0.3) is 0 Å². The molecule has 0 radical (unpaired) electrons. The molecule has 0 unspecified atom stereocenters. The van der Waals surface area contributed by atoms with Gasteiger partial charge in [-0.05, 0) is 68.6 Å². The van der Waals surface area contributed by atoms with E-state index in [-0.39, 0.29) is 17.9 Å². The molecule has 1 heterocycles. The molecule has 5 nitrogen and oxygen atoms in total. The summed E-state index contributed by atoms with van der Waals surface area (Å²) in [6.07, 6.45) is 8.04. The van der Waals surface area contributed by atoms with Crippen LogP contribution in [0.5, 0.6) is 0 Å². The standard InChI is InChI=1S/C18H25N3O2S/c1-10(18-6-12-3-13(7-18)5-14(4-12)8-18)19-16(23)15-9-24-17(21-15)20-11(2)22/h9-10,12-14H,3-8H2,1-2H3,(H,19,23)(H,20,21,22)/t10-,12?,13?,14?,18?/m1/s1. The maximum atomic E-state index is 12.6. The summed E-state index contributed by atoms with van der Waals surface area (Å²) < 4.78 is 0. The van der Waals surface area contributed by atoms with Crippen molar-refractivity contribution in [1.29, 1.82) is 0 Å². The lowest BCUT2D eigenvalue weighted by atomic mass is 9.48. The number of hydrogen-bond acceptors (Lipinski definition) is 4.